The SMILES string of the molecule is COc1cc(C)c(NC2=NC(CNC#N)C(F)=CN2Cc2cc(F)c(F)c(F)c2)cc1OC. The Balaban J connectivity index is 1.97. The van der Waals surface area contributed by atoms with E-state index in [9.17, 15) is 17.6 Å². The maximum Gasteiger partial charge on any atom is 0.203 e. The molecule has 11 heteroatoms. The number of guanidine groups is 1. The van der Waals surface area contributed by atoms with Crippen molar-refractivity contribution in [3.63, 3.8) is 0 Å². The van der Waals surface area contributed by atoms with Crippen molar-refractivity contribution < 1.29 is 27.0 Å². The second kappa shape index (κ2) is 10.1. The van der Waals surface area contributed by atoms with Crippen LogP contribution in [0.25, 0.3) is 0 Å². The lowest BCUT2D eigenvalue weighted by atomic mass is 10.1. The summed E-state index contributed by atoms with van der Waals surface area (Å²) in [5.74, 6) is -3.90. The molecule has 0 aromatic heterocycles. The van der Waals surface area contributed by atoms with Crippen LogP contribution in [0, 0.1) is 35.8 Å². The van der Waals surface area contributed by atoms with E-state index in [1.807, 2.05) is 0 Å². The molecule has 0 bridgehead atoms. The van der Waals surface area contributed by atoms with Gasteiger partial charge in [0.05, 0.1) is 27.3 Å². The zero-order chi connectivity index (χ0) is 24.1. The molecule has 0 fully saturated rings. The summed E-state index contributed by atoms with van der Waals surface area (Å²) in [6.07, 6.45) is 2.81. The lowest BCUT2D eigenvalue weighted by Gasteiger charge is -2.30. The minimum Gasteiger partial charge on any atom is -0.493 e. The molecule has 0 spiro atoms. The van der Waals surface area contributed by atoms with Crippen molar-refractivity contribution in [1.29, 1.82) is 5.26 Å². The highest BCUT2D eigenvalue weighted by molar-refractivity contribution is 5.96. The summed E-state index contributed by atoms with van der Waals surface area (Å²) in [5.41, 5.74) is 1.36. The average molecular weight is 463 g/mol. The van der Waals surface area contributed by atoms with E-state index >= 15 is 0 Å². The summed E-state index contributed by atoms with van der Waals surface area (Å²) < 4.78 is 66.0. The third-order valence-corrected chi connectivity index (χ3v) is 4.90. The van der Waals surface area contributed by atoms with Crippen molar-refractivity contribution in [1.82, 2.24) is 10.2 Å². The number of anilines is 1. The molecular formula is C22H21F4N5O2. The van der Waals surface area contributed by atoms with Gasteiger partial charge in [-0.1, -0.05) is 0 Å². The highest BCUT2D eigenvalue weighted by Gasteiger charge is 2.25. The first-order valence-corrected chi connectivity index (χ1v) is 9.74. The molecule has 3 rings (SSSR count). The smallest absolute Gasteiger partial charge is 0.203 e. The molecule has 2 aromatic carbocycles. The Morgan fingerprint density at radius 3 is 2.30 bits per heavy atom. The number of methoxy groups -OCH3 is 2. The number of hydrogen-bond acceptors (Lipinski definition) is 7. The van der Waals surface area contributed by atoms with E-state index in [0.29, 0.717) is 17.2 Å². The number of aryl methyl sites for hydroxylation is 1. The van der Waals surface area contributed by atoms with Crippen molar-refractivity contribution in [3.05, 3.63) is 64.9 Å². The molecule has 1 aliphatic rings. The Morgan fingerprint density at radius 1 is 1.06 bits per heavy atom. The number of nitrogens with zero attached hydrogens (tertiary/aromatic N) is 3. The van der Waals surface area contributed by atoms with Crippen LogP contribution in [0.3, 0.4) is 0 Å². The zero-order valence-electron chi connectivity index (χ0n) is 18.0. The highest BCUT2D eigenvalue weighted by atomic mass is 19.2. The molecule has 33 heavy (non-hydrogen) atoms. The molecule has 2 N–H and O–H groups in total. The molecule has 174 valence electrons. The predicted molar refractivity (Wildman–Crippen MR) is 114 cm³/mol. The summed E-state index contributed by atoms with van der Waals surface area (Å²) in [4.78, 5) is 5.61. The van der Waals surface area contributed by atoms with Gasteiger partial charge in [-0.05, 0) is 36.2 Å². The van der Waals surface area contributed by atoms with Gasteiger partial charge in [-0.3, -0.25) is 0 Å². The van der Waals surface area contributed by atoms with Gasteiger partial charge in [-0.15, -0.1) is 0 Å². The van der Waals surface area contributed by atoms with Crippen LogP contribution in [0.1, 0.15) is 11.1 Å². The number of halogens is 4. The fraction of sp³-hybridized carbons (Fsp3) is 0.273. The third kappa shape index (κ3) is 5.28. The highest BCUT2D eigenvalue weighted by Crippen LogP contribution is 2.33. The maximum absolute atomic E-state index is 14.6. The van der Waals surface area contributed by atoms with Crippen LogP contribution in [-0.2, 0) is 6.54 Å². The largest absolute Gasteiger partial charge is 0.493 e. The first-order valence-electron chi connectivity index (χ1n) is 9.74. The molecule has 0 saturated heterocycles. The normalized spacial score (nSPS) is 15.3. The van der Waals surface area contributed by atoms with Crippen molar-refractivity contribution in [3.8, 4) is 17.7 Å². The lowest BCUT2D eigenvalue weighted by molar-refractivity contribution is 0.355. The van der Waals surface area contributed by atoms with E-state index in [2.05, 4.69) is 15.6 Å². The molecule has 2 aromatic rings. The molecule has 0 amide bonds. The van der Waals surface area contributed by atoms with E-state index < -0.39 is 29.3 Å². The summed E-state index contributed by atoms with van der Waals surface area (Å²) in [5, 5.41) is 14.2. The van der Waals surface area contributed by atoms with Gasteiger partial charge >= 0.3 is 0 Å². The number of ether oxygens (including phenoxy) is 2. The molecule has 1 unspecified atom stereocenters. The van der Waals surface area contributed by atoms with Gasteiger partial charge in [-0.25, -0.2) is 22.6 Å². The van der Waals surface area contributed by atoms with Crippen molar-refractivity contribution in [2.24, 2.45) is 4.99 Å². The topological polar surface area (TPSA) is 81.9 Å². The van der Waals surface area contributed by atoms with Gasteiger partial charge < -0.3 is 25.0 Å². The second-order valence-electron chi connectivity index (χ2n) is 7.12. The summed E-state index contributed by atoms with van der Waals surface area (Å²) in [6, 6.07) is 4.03. The molecule has 0 aliphatic carbocycles. The van der Waals surface area contributed by atoms with E-state index in [0.717, 1.165) is 23.9 Å². The van der Waals surface area contributed by atoms with E-state index in [1.165, 1.54) is 19.1 Å². The molecule has 1 atom stereocenters. The quantitative estimate of drug-likeness (QED) is 0.280. The van der Waals surface area contributed by atoms with Crippen LogP contribution < -0.4 is 20.1 Å². The van der Waals surface area contributed by atoms with Gasteiger partial charge in [-0.2, -0.15) is 5.26 Å². The van der Waals surface area contributed by atoms with E-state index in [-0.39, 0.29) is 24.6 Å². The zero-order valence-corrected chi connectivity index (χ0v) is 18.0. The van der Waals surface area contributed by atoms with Gasteiger partial charge in [0, 0.05) is 18.0 Å². The van der Waals surface area contributed by atoms with E-state index in [1.54, 1.807) is 25.2 Å². The minimum absolute atomic E-state index is 0.0579. The average Bonchev–Trinajstić information content (AvgIpc) is 2.79. The number of nitrogens with one attached hydrogen (secondary N) is 2. The molecule has 0 saturated carbocycles. The number of aliphatic imine (C=N–C) groups is 1. The van der Waals surface area contributed by atoms with Gasteiger partial charge in [0.1, 0.15) is 11.9 Å². The summed E-state index contributed by atoms with van der Waals surface area (Å²) in [6.45, 7) is 1.49. The Morgan fingerprint density at radius 2 is 1.70 bits per heavy atom. The minimum atomic E-state index is -1.59. The Kier molecular flexibility index (Phi) is 7.27. The Labute approximate surface area is 187 Å². The Hall–Kier alpha value is -3.94. The molecular weight excluding hydrogens is 442 g/mol. The standard InChI is InChI=1S/C22H21F4N5O2/c1-12-4-19(32-2)20(33-3)7-17(12)29-22-30-18(8-28-11-27)16(25)10-31(22)9-13-5-14(23)21(26)15(24)6-13/h4-7,10,18,28H,8-9H2,1-3H3,(H,29,30). The number of rotatable bonds is 7. The van der Waals surface area contributed by atoms with Crippen LogP contribution >= 0.6 is 0 Å². The number of hydrogen-bond donors (Lipinski definition) is 2. The van der Waals surface area contributed by atoms with Crippen molar-refractivity contribution >= 4 is 11.6 Å². The predicted octanol–water partition coefficient (Wildman–Crippen LogP) is 3.96. The summed E-state index contributed by atoms with van der Waals surface area (Å²) >= 11 is 0. The third-order valence-electron chi connectivity index (χ3n) is 4.90. The Bertz CT molecular complexity index is 1120. The monoisotopic (exact) mass is 463 g/mol. The second-order valence-corrected chi connectivity index (χ2v) is 7.12. The fourth-order valence-electron chi connectivity index (χ4n) is 3.22. The molecule has 1 heterocycles. The van der Waals surface area contributed by atoms with Crippen LogP contribution in [0.4, 0.5) is 23.2 Å². The van der Waals surface area contributed by atoms with E-state index in [4.69, 9.17) is 14.7 Å². The van der Waals surface area contributed by atoms with Gasteiger partial charge in [0.25, 0.3) is 0 Å². The molecule has 7 nitrogen and oxygen atoms in total. The van der Waals surface area contributed by atoms with Gasteiger partial charge in [0.15, 0.2) is 35.1 Å². The summed E-state index contributed by atoms with van der Waals surface area (Å²) in [7, 11) is 2.97. The fourth-order valence-corrected chi connectivity index (χ4v) is 3.22. The number of benzene rings is 2. The van der Waals surface area contributed by atoms with Crippen LogP contribution in [0.5, 0.6) is 11.5 Å². The molecule has 1 aliphatic heterocycles. The van der Waals surface area contributed by atoms with Crippen molar-refractivity contribution in [2.75, 3.05) is 26.1 Å². The maximum atomic E-state index is 14.6. The lowest BCUT2D eigenvalue weighted by Crippen LogP contribution is -2.39. The van der Waals surface area contributed by atoms with Crippen LogP contribution in [0.15, 0.2) is 41.3 Å². The van der Waals surface area contributed by atoms with Gasteiger partial charge in [0.2, 0.25) is 5.96 Å². The van der Waals surface area contributed by atoms with Crippen LogP contribution in [0.2, 0.25) is 0 Å². The number of nitriles is 1. The first-order chi connectivity index (χ1) is 15.8. The van der Waals surface area contributed by atoms with Crippen molar-refractivity contribution in [2.45, 2.75) is 19.5 Å². The van der Waals surface area contributed by atoms with Crippen LogP contribution in [-0.4, -0.2) is 37.7 Å². The first kappa shape index (κ1) is 23.7. The molecule has 0 radical (unpaired) electrons.